The summed E-state index contributed by atoms with van der Waals surface area (Å²) < 4.78 is 9.95. The molecule has 124 valence electrons. The van der Waals surface area contributed by atoms with Gasteiger partial charge in [-0.25, -0.2) is 9.59 Å². The van der Waals surface area contributed by atoms with Gasteiger partial charge in [0.05, 0.1) is 6.61 Å². The maximum absolute atomic E-state index is 12.3. The van der Waals surface area contributed by atoms with Gasteiger partial charge in [-0.2, -0.15) is 0 Å². The smallest absolute Gasteiger partial charge is 0.326 e. The molecule has 21 heavy (non-hydrogen) atoms. The molecule has 1 atom stereocenters. The quantitative estimate of drug-likeness (QED) is 0.625. The zero-order chi connectivity index (χ0) is 16.5. The monoisotopic (exact) mass is 304 g/mol. The fourth-order valence-corrected chi connectivity index (χ4v) is 1.78. The Balaban J connectivity index is 4.72. The van der Waals surface area contributed by atoms with Gasteiger partial charge in [-0.15, -0.1) is 0 Å². The van der Waals surface area contributed by atoms with Gasteiger partial charge < -0.3 is 24.8 Å². The van der Waals surface area contributed by atoms with Crippen molar-refractivity contribution in [1.29, 1.82) is 0 Å². The molecule has 7 nitrogen and oxygen atoms in total. The van der Waals surface area contributed by atoms with E-state index in [1.807, 2.05) is 0 Å². The van der Waals surface area contributed by atoms with Crippen LogP contribution in [0.4, 0.5) is 4.79 Å². The minimum Gasteiger partial charge on any atom is -0.480 e. The van der Waals surface area contributed by atoms with Crippen molar-refractivity contribution in [3.05, 3.63) is 0 Å². The summed E-state index contributed by atoms with van der Waals surface area (Å²) in [5.74, 6) is -1.04. The summed E-state index contributed by atoms with van der Waals surface area (Å²) in [6.45, 7) is 7.15. The first-order chi connectivity index (χ1) is 9.73. The summed E-state index contributed by atoms with van der Waals surface area (Å²) >= 11 is 0. The number of nitrogens with zero attached hydrogens (tertiary/aromatic N) is 1. The lowest BCUT2D eigenvalue weighted by Gasteiger charge is -2.31. The fraction of sp³-hybridized carbons (Fsp3) is 0.857. The van der Waals surface area contributed by atoms with Gasteiger partial charge in [0.2, 0.25) is 0 Å². The number of carbonyl (C=O) groups is 2. The van der Waals surface area contributed by atoms with Gasteiger partial charge in [-0.1, -0.05) is 20.8 Å². The predicted molar refractivity (Wildman–Crippen MR) is 79.4 cm³/mol. The molecule has 0 aromatic carbocycles. The van der Waals surface area contributed by atoms with E-state index in [1.165, 1.54) is 0 Å². The van der Waals surface area contributed by atoms with E-state index in [9.17, 15) is 14.7 Å². The van der Waals surface area contributed by atoms with Crippen LogP contribution in [-0.2, 0) is 14.3 Å². The van der Waals surface area contributed by atoms with Crippen LogP contribution in [0.2, 0.25) is 0 Å². The third-order valence-electron chi connectivity index (χ3n) is 3.01. The average Bonchev–Trinajstić information content (AvgIpc) is 2.38. The van der Waals surface area contributed by atoms with Crippen LogP contribution in [0, 0.1) is 5.41 Å². The number of methoxy groups -OCH3 is 2. The van der Waals surface area contributed by atoms with Gasteiger partial charge in [-0.3, -0.25) is 0 Å². The highest BCUT2D eigenvalue weighted by Crippen LogP contribution is 2.19. The van der Waals surface area contributed by atoms with E-state index in [4.69, 9.17) is 9.47 Å². The number of carboxylic acid groups (broad SMARTS) is 1. The van der Waals surface area contributed by atoms with Gasteiger partial charge >= 0.3 is 12.0 Å². The van der Waals surface area contributed by atoms with Crippen LogP contribution < -0.4 is 5.32 Å². The van der Waals surface area contributed by atoms with Crippen molar-refractivity contribution in [2.24, 2.45) is 5.41 Å². The fourth-order valence-electron chi connectivity index (χ4n) is 1.78. The second-order valence-corrected chi connectivity index (χ2v) is 5.91. The molecule has 2 amide bonds. The highest BCUT2D eigenvalue weighted by Gasteiger charge is 2.33. The predicted octanol–water partition coefficient (Wildman–Crippen LogP) is 1.18. The number of aliphatic carboxylic acids is 1. The van der Waals surface area contributed by atoms with Crippen LogP contribution in [-0.4, -0.2) is 68.6 Å². The average molecular weight is 304 g/mol. The molecular formula is C14H28N2O5. The summed E-state index contributed by atoms with van der Waals surface area (Å²) in [4.78, 5) is 25.1. The van der Waals surface area contributed by atoms with Crippen molar-refractivity contribution in [2.45, 2.75) is 33.2 Å². The Hall–Kier alpha value is -1.34. The third kappa shape index (κ3) is 7.87. The van der Waals surface area contributed by atoms with Crippen molar-refractivity contribution in [3.63, 3.8) is 0 Å². The first kappa shape index (κ1) is 19.7. The number of hydrogen-bond donors (Lipinski definition) is 2. The van der Waals surface area contributed by atoms with Gasteiger partial charge in [0.15, 0.2) is 0 Å². The summed E-state index contributed by atoms with van der Waals surface area (Å²) in [7, 11) is 3.15. The Morgan fingerprint density at radius 3 is 2.14 bits per heavy atom. The number of rotatable bonds is 9. The number of hydrogen-bond acceptors (Lipinski definition) is 4. The summed E-state index contributed by atoms with van der Waals surface area (Å²) in [5, 5.41) is 11.8. The number of amides is 2. The molecule has 0 bridgehead atoms. The SMILES string of the molecule is COCCCN(CCOC)C(=O)N[C@@H](C(=O)O)C(C)(C)C. The lowest BCUT2D eigenvalue weighted by Crippen LogP contribution is -2.54. The number of carbonyl (C=O) groups excluding carboxylic acids is 1. The van der Waals surface area contributed by atoms with Crippen molar-refractivity contribution < 1.29 is 24.2 Å². The summed E-state index contributed by atoms with van der Waals surface area (Å²) in [6.07, 6.45) is 0.681. The van der Waals surface area contributed by atoms with E-state index in [1.54, 1.807) is 39.9 Å². The zero-order valence-corrected chi connectivity index (χ0v) is 13.6. The van der Waals surface area contributed by atoms with Gasteiger partial charge in [-0.05, 0) is 11.8 Å². The lowest BCUT2D eigenvalue weighted by molar-refractivity contribution is -0.142. The second-order valence-electron chi connectivity index (χ2n) is 5.91. The normalized spacial score (nSPS) is 12.8. The van der Waals surface area contributed by atoms with Crippen LogP contribution in [0.1, 0.15) is 27.2 Å². The number of ether oxygens (including phenoxy) is 2. The van der Waals surface area contributed by atoms with Crippen molar-refractivity contribution in [2.75, 3.05) is 40.5 Å². The Labute approximate surface area is 126 Å². The molecule has 0 fully saturated rings. The van der Waals surface area contributed by atoms with E-state index in [2.05, 4.69) is 5.32 Å². The largest absolute Gasteiger partial charge is 0.480 e. The topological polar surface area (TPSA) is 88.1 Å². The van der Waals surface area contributed by atoms with Crippen LogP contribution in [0.15, 0.2) is 0 Å². The molecule has 0 unspecified atom stereocenters. The third-order valence-corrected chi connectivity index (χ3v) is 3.01. The van der Waals surface area contributed by atoms with Gasteiger partial charge in [0.25, 0.3) is 0 Å². The minimum absolute atomic E-state index is 0.396. The van der Waals surface area contributed by atoms with Crippen LogP contribution in [0.5, 0.6) is 0 Å². The maximum Gasteiger partial charge on any atom is 0.326 e. The summed E-state index contributed by atoms with van der Waals surface area (Å²) in [6, 6.07) is -1.34. The number of nitrogens with one attached hydrogen (secondary N) is 1. The van der Waals surface area contributed by atoms with Crippen molar-refractivity contribution in [3.8, 4) is 0 Å². The number of carboxylic acids is 1. The molecule has 0 aliphatic carbocycles. The lowest BCUT2D eigenvalue weighted by atomic mass is 9.87. The molecule has 0 saturated carbocycles. The molecule has 0 saturated heterocycles. The molecule has 7 heteroatoms. The maximum atomic E-state index is 12.3. The molecule has 2 N–H and O–H groups in total. The molecule has 0 aromatic rings. The first-order valence-electron chi connectivity index (χ1n) is 7.00. The van der Waals surface area contributed by atoms with Crippen LogP contribution in [0.25, 0.3) is 0 Å². The van der Waals surface area contributed by atoms with Gasteiger partial charge in [0.1, 0.15) is 6.04 Å². The molecule has 0 spiro atoms. The van der Waals surface area contributed by atoms with Crippen LogP contribution >= 0.6 is 0 Å². The van der Waals surface area contributed by atoms with Crippen molar-refractivity contribution in [1.82, 2.24) is 10.2 Å². The Kier molecular flexibility index (Phi) is 8.96. The molecule has 0 rings (SSSR count). The van der Waals surface area contributed by atoms with Crippen molar-refractivity contribution >= 4 is 12.0 Å². The van der Waals surface area contributed by atoms with Crippen LogP contribution in [0.3, 0.4) is 0 Å². The highest BCUT2D eigenvalue weighted by molar-refractivity contribution is 5.83. The first-order valence-corrected chi connectivity index (χ1v) is 7.00. The molecule has 0 radical (unpaired) electrons. The van der Waals surface area contributed by atoms with E-state index < -0.39 is 23.5 Å². The molecule has 0 aromatic heterocycles. The standard InChI is InChI=1S/C14H28N2O5/c1-14(2,3)11(12(17)18)15-13(19)16(8-10-21-5)7-6-9-20-4/h11H,6-10H2,1-5H3,(H,15,19)(H,17,18)/t11-/m0/s1. The zero-order valence-electron chi connectivity index (χ0n) is 13.6. The Morgan fingerprint density at radius 2 is 1.71 bits per heavy atom. The van der Waals surface area contributed by atoms with E-state index >= 15 is 0 Å². The summed E-state index contributed by atoms with van der Waals surface area (Å²) in [5.41, 5.74) is -0.569. The van der Waals surface area contributed by atoms with E-state index in [0.717, 1.165) is 0 Å². The van der Waals surface area contributed by atoms with E-state index in [-0.39, 0.29) is 0 Å². The van der Waals surface area contributed by atoms with Gasteiger partial charge in [0, 0.05) is 33.9 Å². The Morgan fingerprint density at radius 1 is 1.14 bits per heavy atom. The molecule has 0 aliphatic rings. The molecule has 0 aliphatic heterocycles. The molecule has 0 heterocycles. The second kappa shape index (κ2) is 9.57. The Bertz CT molecular complexity index is 328. The van der Waals surface area contributed by atoms with E-state index in [0.29, 0.717) is 32.7 Å². The minimum atomic E-state index is -1.04. The molecular weight excluding hydrogens is 276 g/mol. The highest BCUT2D eigenvalue weighted by atomic mass is 16.5. The number of urea groups is 1.